The molecule has 0 aliphatic carbocycles. The number of fused-ring (bicyclic) bond motifs is 1. The summed E-state index contributed by atoms with van der Waals surface area (Å²) in [4.78, 5) is 24.5. The highest BCUT2D eigenvalue weighted by molar-refractivity contribution is 8.04. The highest BCUT2D eigenvalue weighted by Gasteiger charge is 2.48. The molecule has 1 saturated heterocycles. The van der Waals surface area contributed by atoms with E-state index in [0.717, 1.165) is 4.91 Å². The number of aliphatic carboxylic acids is 1. The molecule has 6 nitrogen and oxygen atoms in total. The summed E-state index contributed by atoms with van der Waals surface area (Å²) < 4.78 is 0. The van der Waals surface area contributed by atoms with E-state index in [0.29, 0.717) is 13.0 Å². The van der Waals surface area contributed by atoms with Crippen LogP contribution in [0.1, 0.15) is 6.42 Å². The van der Waals surface area contributed by atoms with Crippen molar-refractivity contribution < 1.29 is 14.7 Å². The quantitative estimate of drug-likeness (QED) is 0.519. The first kappa shape index (κ1) is 11.4. The number of β-lactam (4-membered cyclic amide) rings is 1. The van der Waals surface area contributed by atoms with E-state index in [4.69, 9.17) is 5.11 Å². The third-order valence-electron chi connectivity index (χ3n) is 2.45. The van der Waals surface area contributed by atoms with Crippen molar-refractivity contribution in [1.82, 2.24) is 15.3 Å². The van der Waals surface area contributed by atoms with Gasteiger partial charge in [0.2, 0.25) is 5.91 Å². The SMILES string of the molecule is CN(C)NCC1=C(C(=O)O)N2C(=O)C[C@H]2S1. The van der Waals surface area contributed by atoms with Gasteiger partial charge in [-0.15, -0.1) is 11.8 Å². The molecular weight excluding hydrogens is 230 g/mol. The lowest BCUT2D eigenvalue weighted by molar-refractivity contribution is -0.145. The van der Waals surface area contributed by atoms with Gasteiger partial charge in [-0.05, 0) is 0 Å². The molecule has 0 aromatic rings. The molecule has 0 aromatic heterocycles. The summed E-state index contributed by atoms with van der Waals surface area (Å²) in [6.45, 7) is 0.444. The average Bonchev–Trinajstić information content (AvgIpc) is 2.47. The van der Waals surface area contributed by atoms with Crippen LogP contribution in [-0.2, 0) is 9.59 Å². The molecule has 1 amide bonds. The van der Waals surface area contributed by atoms with Crippen molar-refractivity contribution in [3.63, 3.8) is 0 Å². The van der Waals surface area contributed by atoms with Crippen molar-refractivity contribution in [2.75, 3.05) is 20.6 Å². The standard InChI is InChI=1S/C9H13N3O3S/c1-11(2)10-4-5-8(9(14)15)12-6(13)3-7(12)16-5/h7,10H,3-4H2,1-2H3,(H,14,15)/t7-/m1/s1. The number of carboxylic acids is 1. The van der Waals surface area contributed by atoms with E-state index in [1.807, 2.05) is 14.1 Å². The maximum absolute atomic E-state index is 11.3. The van der Waals surface area contributed by atoms with E-state index in [9.17, 15) is 9.59 Å². The molecule has 2 aliphatic rings. The summed E-state index contributed by atoms with van der Waals surface area (Å²) >= 11 is 1.46. The average molecular weight is 243 g/mol. The molecule has 2 aliphatic heterocycles. The first-order valence-electron chi connectivity index (χ1n) is 4.86. The molecule has 0 saturated carbocycles. The van der Waals surface area contributed by atoms with Gasteiger partial charge >= 0.3 is 5.97 Å². The third kappa shape index (κ3) is 1.81. The van der Waals surface area contributed by atoms with Gasteiger partial charge in [-0.1, -0.05) is 0 Å². The number of hydrogen-bond donors (Lipinski definition) is 2. The van der Waals surface area contributed by atoms with Crippen LogP contribution in [0, 0.1) is 0 Å². The monoisotopic (exact) mass is 243 g/mol. The molecule has 2 N–H and O–H groups in total. The molecule has 2 rings (SSSR count). The fraction of sp³-hybridized carbons (Fsp3) is 0.556. The van der Waals surface area contributed by atoms with E-state index in [1.165, 1.54) is 16.7 Å². The zero-order valence-electron chi connectivity index (χ0n) is 9.06. The smallest absolute Gasteiger partial charge is 0.353 e. The fourth-order valence-electron chi connectivity index (χ4n) is 1.68. The molecule has 0 bridgehead atoms. The largest absolute Gasteiger partial charge is 0.477 e. The second-order valence-corrected chi connectivity index (χ2v) is 5.12. The molecule has 2 heterocycles. The Morgan fingerprint density at radius 3 is 2.88 bits per heavy atom. The van der Waals surface area contributed by atoms with Gasteiger partial charge in [0.25, 0.3) is 0 Å². The third-order valence-corrected chi connectivity index (χ3v) is 3.72. The van der Waals surface area contributed by atoms with Gasteiger partial charge in [0, 0.05) is 25.5 Å². The van der Waals surface area contributed by atoms with Gasteiger partial charge in [0.1, 0.15) is 5.70 Å². The van der Waals surface area contributed by atoms with E-state index < -0.39 is 5.97 Å². The fourth-order valence-corrected chi connectivity index (χ4v) is 3.01. The molecule has 7 heteroatoms. The molecule has 0 radical (unpaired) electrons. The van der Waals surface area contributed by atoms with Crippen LogP contribution in [0.5, 0.6) is 0 Å². The summed E-state index contributed by atoms with van der Waals surface area (Å²) in [6, 6.07) is 0. The lowest BCUT2D eigenvalue weighted by Gasteiger charge is -2.33. The number of rotatable bonds is 4. The van der Waals surface area contributed by atoms with Gasteiger partial charge in [0.05, 0.1) is 11.8 Å². The summed E-state index contributed by atoms with van der Waals surface area (Å²) in [5.74, 6) is -1.13. The van der Waals surface area contributed by atoms with Crippen LogP contribution < -0.4 is 5.43 Å². The molecule has 16 heavy (non-hydrogen) atoms. The first-order chi connectivity index (χ1) is 7.50. The van der Waals surface area contributed by atoms with Crippen molar-refractivity contribution in [2.45, 2.75) is 11.8 Å². The molecule has 0 unspecified atom stereocenters. The summed E-state index contributed by atoms with van der Waals surface area (Å²) in [6.07, 6.45) is 0.437. The minimum Gasteiger partial charge on any atom is -0.477 e. The van der Waals surface area contributed by atoms with Gasteiger partial charge < -0.3 is 5.11 Å². The van der Waals surface area contributed by atoms with Crippen LogP contribution in [0.3, 0.4) is 0 Å². The van der Waals surface area contributed by atoms with Crippen molar-refractivity contribution in [1.29, 1.82) is 0 Å². The van der Waals surface area contributed by atoms with Crippen LogP contribution in [0.25, 0.3) is 0 Å². The lowest BCUT2D eigenvalue weighted by atomic mass is 10.1. The zero-order chi connectivity index (χ0) is 11.9. The summed E-state index contributed by atoms with van der Waals surface area (Å²) in [7, 11) is 3.67. The van der Waals surface area contributed by atoms with Crippen LogP contribution in [-0.4, -0.2) is 52.9 Å². The molecule has 1 fully saturated rings. The topological polar surface area (TPSA) is 72.9 Å². The lowest BCUT2D eigenvalue weighted by Crippen LogP contribution is -2.48. The Balaban J connectivity index is 2.15. The van der Waals surface area contributed by atoms with Crippen molar-refractivity contribution in [3.8, 4) is 0 Å². The number of thioether (sulfide) groups is 1. The Hall–Kier alpha value is -1.05. The molecule has 88 valence electrons. The van der Waals surface area contributed by atoms with Crippen LogP contribution in [0.4, 0.5) is 0 Å². The number of hydrogen-bond acceptors (Lipinski definition) is 5. The van der Waals surface area contributed by atoms with E-state index >= 15 is 0 Å². The Morgan fingerprint density at radius 1 is 1.69 bits per heavy atom. The van der Waals surface area contributed by atoms with Gasteiger partial charge in [-0.2, -0.15) is 0 Å². The number of nitrogens with zero attached hydrogens (tertiary/aromatic N) is 2. The molecule has 0 aromatic carbocycles. The Labute approximate surface area is 97.2 Å². The Morgan fingerprint density at radius 2 is 2.38 bits per heavy atom. The van der Waals surface area contributed by atoms with E-state index in [-0.39, 0.29) is 17.0 Å². The number of amides is 1. The van der Waals surface area contributed by atoms with Crippen molar-refractivity contribution in [2.24, 2.45) is 0 Å². The predicted octanol–water partition coefficient (Wildman–Crippen LogP) is -0.346. The number of carbonyl (C=O) groups excluding carboxylic acids is 1. The van der Waals surface area contributed by atoms with E-state index in [1.54, 1.807) is 5.01 Å². The second-order valence-electron chi connectivity index (χ2n) is 3.85. The van der Waals surface area contributed by atoms with Crippen LogP contribution >= 0.6 is 11.8 Å². The van der Waals surface area contributed by atoms with Crippen molar-refractivity contribution >= 4 is 23.6 Å². The van der Waals surface area contributed by atoms with Crippen molar-refractivity contribution in [3.05, 3.63) is 10.6 Å². The summed E-state index contributed by atoms with van der Waals surface area (Å²) in [5, 5.41) is 10.8. The van der Waals surface area contributed by atoms with Gasteiger partial charge in [-0.3, -0.25) is 20.1 Å². The number of carbonyl (C=O) groups is 2. The predicted molar refractivity (Wildman–Crippen MR) is 59.2 cm³/mol. The van der Waals surface area contributed by atoms with Gasteiger partial charge in [-0.25, -0.2) is 4.79 Å². The Kier molecular flexibility index (Phi) is 2.92. The van der Waals surface area contributed by atoms with Crippen LogP contribution in [0.2, 0.25) is 0 Å². The van der Waals surface area contributed by atoms with Crippen LogP contribution in [0.15, 0.2) is 10.6 Å². The highest BCUT2D eigenvalue weighted by atomic mass is 32.2. The molecular formula is C9H13N3O3S. The minimum absolute atomic E-state index is 0.00226. The van der Waals surface area contributed by atoms with E-state index in [2.05, 4.69) is 5.43 Å². The normalized spacial score (nSPS) is 23.8. The van der Waals surface area contributed by atoms with Gasteiger partial charge in [0.15, 0.2) is 0 Å². The first-order valence-corrected chi connectivity index (χ1v) is 5.74. The maximum Gasteiger partial charge on any atom is 0.353 e. The minimum atomic E-state index is -1.03. The molecule has 1 atom stereocenters. The number of carboxylic acid groups (broad SMARTS) is 1. The summed E-state index contributed by atoms with van der Waals surface area (Å²) in [5.41, 5.74) is 3.15. The number of nitrogens with one attached hydrogen (secondary N) is 1. The second kappa shape index (κ2) is 4.08. The molecule has 0 spiro atoms. The Bertz CT molecular complexity index is 380. The zero-order valence-corrected chi connectivity index (χ0v) is 9.87. The maximum atomic E-state index is 11.3. The number of hydrazine groups is 1. The highest BCUT2D eigenvalue weighted by Crippen LogP contribution is 2.45.